The van der Waals surface area contributed by atoms with Crippen LogP contribution in [0.1, 0.15) is 0 Å². The Labute approximate surface area is 125 Å². The molecule has 1 aliphatic heterocycles. The Bertz CT molecular complexity index is 889. The van der Waals surface area contributed by atoms with Crippen molar-refractivity contribution in [1.82, 2.24) is 15.0 Å². The number of H-pyrrole nitrogens is 1. The molecule has 4 rings (SSSR count). The van der Waals surface area contributed by atoms with Gasteiger partial charge in [0.2, 0.25) is 6.23 Å². The van der Waals surface area contributed by atoms with Gasteiger partial charge in [0.25, 0.3) is 5.91 Å². The Balaban J connectivity index is 1.92. The SMILES string of the molecule is CN1C(=O)C(N)Oc2cccc(-c3ccc4[nH]cnc4n3)c21. The average Bonchev–Trinajstić information content (AvgIpc) is 2.99. The van der Waals surface area contributed by atoms with E-state index in [9.17, 15) is 4.79 Å². The molecule has 1 unspecified atom stereocenters. The topological polar surface area (TPSA) is 97.1 Å². The van der Waals surface area contributed by atoms with Gasteiger partial charge in [-0.15, -0.1) is 0 Å². The Kier molecular flexibility index (Phi) is 2.64. The Morgan fingerprint density at radius 2 is 2.18 bits per heavy atom. The molecule has 1 atom stereocenters. The molecule has 1 aliphatic rings. The monoisotopic (exact) mass is 295 g/mol. The van der Waals surface area contributed by atoms with Gasteiger partial charge >= 0.3 is 0 Å². The number of fused-ring (bicyclic) bond motifs is 2. The van der Waals surface area contributed by atoms with Crippen LogP contribution < -0.4 is 15.4 Å². The number of aromatic nitrogens is 3. The van der Waals surface area contributed by atoms with Crippen LogP contribution in [-0.2, 0) is 4.79 Å². The molecule has 1 aromatic carbocycles. The van der Waals surface area contributed by atoms with Crippen LogP contribution in [0.4, 0.5) is 5.69 Å². The van der Waals surface area contributed by atoms with Crippen molar-refractivity contribution in [2.24, 2.45) is 5.73 Å². The molecule has 3 aromatic rings. The van der Waals surface area contributed by atoms with E-state index < -0.39 is 6.23 Å². The highest BCUT2D eigenvalue weighted by Gasteiger charge is 2.31. The summed E-state index contributed by atoms with van der Waals surface area (Å²) in [5.74, 6) is 0.275. The number of anilines is 1. The number of hydrogen-bond acceptors (Lipinski definition) is 5. The first-order valence-electron chi connectivity index (χ1n) is 6.78. The van der Waals surface area contributed by atoms with Crippen molar-refractivity contribution in [3.05, 3.63) is 36.7 Å². The molecule has 0 spiro atoms. The summed E-state index contributed by atoms with van der Waals surface area (Å²) >= 11 is 0. The molecule has 2 aromatic heterocycles. The number of carbonyl (C=O) groups excluding carboxylic acids is 1. The fourth-order valence-electron chi connectivity index (χ4n) is 2.63. The number of amides is 1. The number of carbonyl (C=O) groups is 1. The second-order valence-corrected chi connectivity index (χ2v) is 5.06. The van der Waals surface area contributed by atoms with Gasteiger partial charge in [-0.2, -0.15) is 0 Å². The van der Waals surface area contributed by atoms with Crippen LogP contribution >= 0.6 is 0 Å². The minimum atomic E-state index is -0.977. The van der Waals surface area contributed by atoms with Gasteiger partial charge in [-0.25, -0.2) is 9.97 Å². The molecule has 22 heavy (non-hydrogen) atoms. The molecular formula is C15H13N5O2. The van der Waals surface area contributed by atoms with Crippen molar-refractivity contribution < 1.29 is 9.53 Å². The fourth-order valence-corrected chi connectivity index (χ4v) is 2.63. The molecular weight excluding hydrogens is 282 g/mol. The minimum absolute atomic E-state index is 0.291. The maximum atomic E-state index is 12.1. The highest BCUT2D eigenvalue weighted by molar-refractivity contribution is 6.03. The van der Waals surface area contributed by atoms with Crippen LogP contribution in [0.5, 0.6) is 5.75 Å². The van der Waals surface area contributed by atoms with Crippen molar-refractivity contribution in [3.63, 3.8) is 0 Å². The predicted octanol–water partition coefficient (Wildman–Crippen LogP) is 1.26. The summed E-state index contributed by atoms with van der Waals surface area (Å²) in [7, 11) is 1.68. The minimum Gasteiger partial charge on any atom is -0.464 e. The zero-order valence-corrected chi connectivity index (χ0v) is 11.8. The third-order valence-electron chi connectivity index (χ3n) is 3.72. The number of nitrogens with two attached hydrogens (primary N) is 1. The number of para-hydroxylation sites is 1. The maximum absolute atomic E-state index is 12.1. The highest BCUT2D eigenvalue weighted by atomic mass is 16.5. The van der Waals surface area contributed by atoms with E-state index in [1.165, 1.54) is 4.90 Å². The molecule has 110 valence electrons. The van der Waals surface area contributed by atoms with Gasteiger partial charge in [0.05, 0.1) is 23.2 Å². The molecule has 7 heteroatoms. The van der Waals surface area contributed by atoms with Gasteiger partial charge in [0.15, 0.2) is 5.65 Å². The Hall–Kier alpha value is -2.93. The number of ether oxygens (including phenoxy) is 1. The van der Waals surface area contributed by atoms with E-state index in [4.69, 9.17) is 10.5 Å². The predicted molar refractivity (Wildman–Crippen MR) is 81.3 cm³/mol. The van der Waals surface area contributed by atoms with Crippen molar-refractivity contribution >= 4 is 22.8 Å². The van der Waals surface area contributed by atoms with E-state index in [1.54, 1.807) is 19.4 Å². The van der Waals surface area contributed by atoms with Gasteiger partial charge in [-0.3, -0.25) is 10.5 Å². The van der Waals surface area contributed by atoms with Crippen LogP contribution in [-0.4, -0.2) is 34.1 Å². The summed E-state index contributed by atoms with van der Waals surface area (Å²) in [5, 5.41) is 0. The number of likely N-dealkylation sites (N-methyl/N-ethyl adjacent to an activating group) is 1. The average molecular weight is 295 g/mol. The third kappa shape index (κ3) is 1.76. The smallest absolute Gasteiger partial charge is 0.283 e. The molecule has 3 heterocycles. The fraction of sp³-hybridized carbons (Fsp3) is 0.133. The first-order valence-corrected chi connectivity index (χ1v) is 6.78. The summed E-state index contributed by atoms with van der Waals surface area (Å²) in [5.41, 5.74) is 9.35. The second-order valence-electron chi connectivity index (χ2n) is 5.06. The van der Waals surface area contributed by atoms with Crippen molar-refractivity contribution in [1.29, 1.82) is 0 Å². The van der Waals surface area contributed by atoms with Crippen LogP contribution in [0.2, 0.25) is 0 Å². The molecule has 3 N–H and O–H groups in total. The zero-order chi connectivity index (χ0) is 15.3. The van der Waals surface area contributed by atoms with E-state index in [-0.39, 0.29) is 5.91 Å². The second kappa shape index (κ2) is 4.54. The normalized spacial score (nSPS) is 17.5. The number of rotatable bonds is 1. The van der Waals surface area contributed by atoms with E-state index >= 15 is 0 Å². The largest absolute Gasteiger partial charge is 0.464 e. The zero-order valence-electron chi connectivity index (χ0n) is 11.8. The van der Waals surface area contributed by atoms with Gasteiger partial charge in [0.1, 0.15) is 5.75 Å². The number of nitrogens with zero attached hydrogens (tertiary/aromatic N) is 3. The van der Waals surface area contributed by atoms with Crippen LogP contribution in [0.25, 0.3) is 22.4 Å². The number of benzene rings is 1. The molecule has 0 saturated carbocycles. The van der Waals surface area contributed by atoms with E-state index in [1.807, 2.05) is 24.3 Å². The van der Waals surface area contributed by atoms with Crippen LogP contribution in [0.15, 0.2) is 36.7 Å². The first-order chi connectivity index (χ1) is 10.6. The Morgan fingerprint density at radius 3 is 3.05 bits per heavy atom. The number of hydrogen-bond donors (Lipinski definition) is 2. The molecule has 0 bridgehead atoms. The lowest BCUT2D eigenvalue weighted by Gasteiger charge is -2.31. The van der Waals surface area contributed by atoms with Gasteiger partial charge < -0.3 is 14.6 Å². The summed E-state index contributed by atoms with van der Waals surface area (Å²) < 4.78 is 5.49. The molecule has 7 nitrogen and oxygen atoms in total. The summed E-state index contributed by atoms with van der Waals surface area (Å²) in [6, 6.07) is 9.31. The van der Waals surface area contributed by atoms with Crippen molar-refractivity contribution in [3.8, 4) is 17.0 Å². The third-order valence-corrected chi connectivity index (χ3v) is 3.72. The molecule has 1 amide bonds. The lowest BCUT2D eigenvalue weighted by Crippen LogP contribution is -2.49. The van der Waals surface area contributed by atoms with E-state index in [0.29, 0.717) is 17.1 Å². The van der Waals surface area contributed by atoms with Gasteiger partial charge in [-0.1, -0.05) is 12.1 Å². The molecule has 0 aliphatic carbocycles. The van der Waals surface area contributed by atoms with Gasteiger partial charge in [-0.05, 0) is 18.2 Å². The number of pyridine rings is 1. The lowest BCUT2D eigenvalue weighted by atomic mass is 10.1. The van der Waals surface area contributed by atoms with Crippen molar-refractivity contribution in [2.45, 2.75) is 6.23 Å². The summed E-state index contributed by atoms with van der Waals surface area (Å²) in [6.07, 6.45) is 0.620. The molecule has 0 fully saturated rings. The quantitative estimate of drug-likeness (QED) is 0.704. The number of nitrogens with one attached hydrogen (secondary N) is 1. The number of imidazole rings is 1. The first kappa shape index (κ1) is 12.8. The van der Waals surface area contributed by atoms with Gasteiger partial charge in [0, 0.05) is 12.6 Å². The Morgan fingerprint density at radius 1 is 1.32 bits per heavy atom. The standard InChI is InChI=1S/C15H13N5O2/c1-20-12-8(3-2-4-11(12)22-13(16)15(20)21)9-5-6-10-14(19-9)18-7-17-10/h2-7,13H,16H2,1H3,(H,17,18,19). The summed E-state index contributed by atoms with van der Waals surface area (Å²) in [4.78, 5) is 25.3. The van der Waals surface area contributed by atoms with E-state index in [2.05, 4.69) is 15.0 Å². The molecule has 0 saturated heterocycles. The lowest BCUT2D eigenvalue weighted by molar-refractivity contribution is -0.125. The number of aromatic amines is 1. The van der Waals surface area contributed by atoms with Crippen LogP contribution in [0, 0.1) is 0 Å². The maximum Gasteiger partial charge on any atom is 0.283 e. The molecule has 0 radical (unpaired) electrons. The highest BCUT2D eigenvalue weighted by Crippen LogP contribution is 2.40. The summed E-state index contributed by atoms with van der Waals surface area (Å²) in [6.45, 7) is 0. The van der Waals surface area contributed by atoms with Crippen molar-refractivity contribution in [2.75, 3.05) is 11.9 Å². The van der Waals surface area contributed by atoms with Crippen LogP contribution in [0.3, 0.4) is 0 Å². The van der Waals surface area contributed by atoms with E-state index in [0.717, 1.165) is 16.8 Å².